The molecule has 0 bridgehead atoms. The van der Waals surface area contributed by atoms with Crippen molar-refractivity contribution in [3.8, 4) is 0 Å². The van der Waals surface area contributed by atoms with Crippen LogP contribution in [0.25, 0.3) is 89.7 Å². The maximum absolute atomic E-state index is 15.6. The first-order valence-corrected chi connectivity index (χ1v) is 27.3. The molecule has 2 atom stereocenters. The third-order valence-corrected chi connectivity index (χ3v) is 18.8. The van der Waals surface area contributed by atoms with Crippen LogP contribution in [-0.2, 0) is 46.4 Å². The van der Waals surface area contributed by atoms with Gasteiger partial charge in [0.2, 0.25) is 0 Å². The first-order chi connectivity index (χ1) is 36.7. The fourth-order valence-electron chi connectivity index (χ4n) is 15.7. The zero-order valence-electron chi connectivity index (χ0n) is 42.2. The lowest BCUT2D eigenvalue weighted by Crippen LogP contribution is -2.55. The van der Waals surface area contributed by atoms with Crippen molar-refractivity contribution >= 4 is 89.7 Å². The summed E-state index contributed by atoms with van der Waals surface area (Å²) in [6.07, 6.45) is 32.0. The SMILES string of the molecule is CC1(C)O[C@@H](C(O)(c2cc3c4c5c(cccc25)CC=C4CC=C3)c2cc3c4c5c(cccc25)CC=C4CC=C3)[C@H](C(O)(c2cc3c4c5c(cccc25)CC=C4CC=C3)c2cc3c4c5c(cccc25)CC=C4CC=C3)O1. The van der Waals surface area contributed by atoms with Crippen LogP contribution in [0.1, 0.15) is 129 Å². The van der Waals surface area contributed by atoms with E-state index < -0.39 is 29.2 Å². The van der Waals surface area contributed by atoms with Gasteiger partial charge >= 0.3 is 0 Å². The summed E-state index contributed by atoms with van der Waals surface area (Å²) in [4.78, 5) is 0. The van der Waals surface area contributed by atoms with Crippen LogP contribution in [0.5, 0.6) is 0 Å². The van der Waals surface area contributed by atoms with Crippen molar-refractivity contribution in [3.63, 3.8) is 0 Å². The Bertz CT molecular complexity index is 3780. The fourth-order valence-corrected chi connectivity index (χ4v) is 15.7. The Balaban J connectivity index is 1.03. The third kappa shape index (κ3) is 5.60. The lowest BCUT2D eigenvalue weighted by atomic mass is 9.66. The van der Waals surface area contributed by atoms with E-state index in [1.54, 1.807) is 0 Å². The van der Waals surface area contributed by atoms with Crippen LogP contribution in [0, 0.1) is 0 Å². The Labute approximate surface area is 436 Å². The van der Waals surface area contributed by atoms with Crippen LogP contribution in [0.4, 0.5) is 0 Å². The normalized spacial score (nSPS) is 20.7. The lowest BCUT2D eigenvalue weighted by molar-refractivity contribution is -0.172. The molecule has 0 saturated carbocycles. The van der Waals surface area contributed by atoms with Crippen molar-refractivity contribution in [1.82, 2.24) is 0 Å². The van der Waals surface area contributed by atoms with Gasteiger partial charge in [0.15, 0.2) is 5.79 Å². The van der Waals surface area contributed by atoms with Gasteiger partial charge in [-0.25, -0.2) is 0 Å². The minimum atomic E-state index is -1.93. The van der Waals surface area contributed by atoms with Gasteiger partial charge in [-0.2, -0.15) is 0 Å². The van der Waals surface area contributed by atoms with Gasteiger partial charge in [-0.1, -0.05) is 146 Å². The molecule has 0 unspecified atom stereocenters. The Hall–Kier alpha value is -7.44. The number of hydrogen-bond donors (Lipinski definition) is 2. The van der Waals surface area contributed by atoms with E-state index in [0.29, 0.717) is 0 Å². The number of benzene rings is 8. The molecule has 362 valence electrons. The number of hydrogen-bond acceptors (Lipinski definition) is 4. The van der Waals surface area contributed by atoms with E-state index in [9.17, 15) is 0 Å². The van der Waals surface area contributed by atoms with E-state index in [0.717, 1.165) is 117 Å². The second-order valence-electron chi connectivity index (χ2n) is 23.1. The van der Waals surface area contributed by atoms with E-state index in [1.165, 1.54) is 88.3 Å². The van der Waals surface area contributed by atoms with Crippen LogP contribution in [0.15, 0.2) is 146 Å². The van der Waals surface area contributed by atoms with Gasteiger partial charge in [0.1, 0.15) is 23.4 Å². The lowest BCUT2D eigenvalue weighted by Gasteiger charge is -2.45. The van der Waals surface area contributed by atoms with Crippen molar-refractivity contribution in [2.24, 2.45) is 0 Å². The molecular weight excluding hydrogens is 917 g/mol. The van der Waals surface area contributed by atoms with Crippen LogP contribution in [0.3, 0.4) is 0 Å². The van der Waals surface area contributed by atoms with E-state index in [-0.39, 0.29) is 0 Å². The van der Waals surface area contributed by atoms with Gasteiger partial charge < -0.3 is 19.7 Å². The van der Waals surface area contributed by atoms with Crippen molar-refractivity contribution in [2.75, 3.05) is 0 Å². The second kappa shape index (κ2) is 14.9. The molecule has 75 heavy (non-hydrogen) atoms. The Morgan fingerprint density at radius 3 is 0.920 bits per heavy atom. The van der Waals surface area contributed by atoms with E-state index >= 15 is 10.2 Å². The quantitative estimate of drug-likeness (QED) is 0.174. The van der Waals surface area contributed by atoms with Gasteiger partial charge in [-0.05, 0) is 244 Å². The average molecular weight is 971 g/mol. The second-order valence-corrected chi connectivity index (χ2v) is 23.1. The topological polar surface area (TPSA) is 58.9 Å². The number of allylic oxidation sites excluding steroid dienone is 12. The van der Waals surface area contributed by atoms with E-state index in [4.69, 9.17) is 9.47 Å². The average Bonchev–Trinajstić information content (AvgIpc) is 3.85. The molecule has 0 radical (unpaired) electrons. The van der Waals surface area contributed by atoms with Gasteiger partial charge in [0, 0.05) is 0 Å². The van der Waals surface area contributed by atoms with E-state index in [1.807, 2.05) is 13.8 Å². The molecule has 1 fully saturated rings. The van der Waals surface area contributed by atoms with Crippen LogP contribution in [0.2, 0.25) is 0 Å². The van der Waals surface area contributed by atoms with Crippen molar-refractivity contribution < 1.29 is 19.7 Å². The summed E-state index contributed by atoms with van der Waals surface area (Å²) >= 11 is 0. The number of rotatable bonds is 6. The molecule has 0 spiro atoms. The Morgan fingerprint density at radius 1 is 0.387 bits per heavy atom. The minimum Gasteiger partial charge on any atom is -0.377 e. The highest BCUT2D eigenvalue weighted by atomic mass is 16.8. The molecule has 8 aromatic rings. The molecule has 17 rings (SSSR count). The smallest absolute Gasteiger partial charge is 0.164 e. The minimum absolute atomic E-state index is 0.748. The summed E-state index contributed by atoms with van der Waals surface area (Å²) in [5.74, 6) is -1.27. The predicted octanol–water partition coefficient (Wildman–Crippen LogP) is 15.4. The summed E-state index contributed by atoms with van der Waals surface area (Å²) in [7, 11) is 0. The van der Waals surface area contributed by atoms with Crippen LogP contribution >= 0.6 is 0 Å². The van der Waals surface area contributed by atoms with Crippen molar-refractivity contribution in [3.05, 3.63) is 235 Å². The highest BCUT2D eigenvalue weighted by molar-refractivity contribution is 6.10. The molecular formula is C71H54O4. The molecule has 4 nitrogen and oxygen atoms in total. The molecule has 4 heteroatoms. The number of aliphatic hydroxyl groups is 2. The highest BCUT2D eigenvalue weighted by Crippen LogP contribution is 2.59. The maximum atomic E-state index is 15.6. The Kier molecular flexibility index (Phi) is 8.52. The molecule has 1 heterocycles. The molecule has 1 aliphatic heterocycles. The standard InChI is InChI=1S/C71H54O4/c1-69(2)74-67(70(72,55-35-47-19-3-11-39-27-31-43-15-7-23-51(55)63(43)59(39)47)56-36-48-20-4-12-40-28-32-44-16-8-24-52(56)64(44)60(40)48)68(75-69)71(73,57-37-49-21-5-13-41-29-33-45-17-9-25-53(57)65(45)61(41)49)58-38-50-22-6-14-42-30-34-46-18-10-26-54(58)66(46)62(42)50/h3-10,15-30,35-38,67-68,72-73H,11-14,31-34H2,1-2H3/t67-,68-/m1/s1. The van der Waals surface area contributed by atoms with Crippen LogP contribution < -0.4 is 0 Å². The van der Waals surface area contributed by atoms with Crippen molar-refractivity contribution in [1.29, 1.82) is 0 Å². The highest BCUT2D eigenvalue weighted by Gasteiger charge is 2.63. The first-order valence-electron chi connectivity index (χ1n) is 27.3. The Morgan fingerprint density at radius 2 is 0.653 bits per heavy atom. The molecule has 9 aliphatic rings. The monoisotopic (exact) mass is 970 g/mol. The first kappa shape index (κ1) is 42.9. The fraction of sp³-hybridized carbons (Fsp3) is 0.211. The summed E-state index contributed by atoms with van der Waals surface area (Å²) in [6, 6.07) is 35.5. The van der Waals surface area contributed by atoms with Crippen LogP contribution in [-0.4, -0.2) is 28.2 Å². The molecule has 8 aromatic carbocycles. The molecule has 1 saturated heterocycles. The largest absolute Gasteiger partial charge is 0.377 e. The van der Waals surface area contributed by atoms with Gasteiger partial charge in [-0.3, -0.25) is 0 Å². The van der Waals surface area contributed by atoms with E-state index in [2.05, 4.69) is 170 Å². The molecule has 0 aromatic heterocycles. The summed E-state index contributed by atoms with van der Waals surface area (Å²) in [5, 5.41) is 39.9. The zero-order chi connectivity index (χ0) is 49.7. The predicted molar refractivity (Wildman–Crippen MR) is 307 cm³/mol. The van der Waals surface area contributed by atoms with Gasteiger partial charge in [0.25, 0.3) is 0 Å². The molecule has 2 N–H and O–H groups in total. The summed E-state index contributed by atoms with van der Waals surface area (Å²) in [6.45, 7) is 3.93. The van der Waals surface area contributed by atoms with Gasteiger partial charge in [-0.15, -0.1) is 0 Å². The molecule has 8 aliphatic carbocycles. The summed E-state index contributed by atoms with van der Waals surface area (Å²) < 4.78 is 15.3. The van der Waals surface area contributed by atoms with Crippen molar-refractivity contribution in [2.45, 2.75) is 94.4 Å². The molecule has 0 amide bonds. The number of ether oxygens (including phenoxy) is 2. The maximum Gasteiger partial charge on any atom is 0.164 e. The van der Waals surface area contributed by atoms with Gasteiger partial charge in [0.05, 0.1) is 0 Å². The third-order valence-electron chi connectivity index (χ3n) is 18.8. The summed E-state index contributed by atoms with van der Waals surface area (Å²) in [5.41, 5.74) is 18.7. The zero-order valence-corrected chi connectivity index (χ0v) is 42.2.